The van der Waals surface area contributed by atoms with Crippen molar-refractivity contribution in [3.63, 3.8) is 0 Å². The number of rotatable bonds is 5. The highest BCUT2D eigenvalue weighted by Gasteiger charge is 2.12. The SMILES string of the molecule is CCNC(=O)/C=C(\C=C\[C@H]1CCCNC1)C(=O)OC. The number of likely N-dealkylation sites (N-methyl/N-ethyl adjacent to an activating group) is 1. The van der Waals surface area contributed by atoms with E-state index in [1.807, 2.05) is 13.0 Å². The molecule has 1 aliphatic rings. The number of carbonyl (C=O) groups excluding carboxylic acids is 2. The van der Waals surface area contributed by atoms with Crippen LogP contribution in [-0.4, -0.2) is 38.6 Å². The highest BCUT2D eigenvalue weighted by Crippen LogP contribution is 2.13. The number of methoxy groups -OCH3 is 1. The molecule has 1 amide bonds. The Morgan fingerprint density at radius 3 is 2.84 bits per heavy atom. The Balaban J connectivity index is 2.70. The first-order chi connectivity index (χ1) is 9.17. The minimum absolute atomic E-state index is 0.277. The third-order valence-electron chi connectivity index (χ3n) is 2.94. The summed E-state index contributed by atoms with van der Waals surface area (Å²) in [6.07, 6.45) is 7.15. The Kier molecular flexibility index (Phi) is 6.89. The van der Waals surface area contributed by atoms with Crippen LogP contribution in [0.25, 0.3) is 0 Å². The van der Waals surface area contributed by atoms with Crippen LogP contribution in [-0.2, 0) is 14.3 Å². The van der Waals surface area contributed by atoms with Gasteiger partial charge in [-0.1, -0.05) is 12.2 Å². The molecule has 19 heavy (non-hydrogen) atoms. The monoisotopic (exact) mass is 266 g/mol. The Labute approximate surface area is 114 Å². The molecule has 0 aromatic rings. The second-order valence-electron chi connectivity index (χ2n) is 4.45. The van der Waals surface area contributed by atoms with Crippen LogP contribution in [0.3, 0.4) is 0 Å². The van der Waals surface area contributed by atoms with Crippen molar-refractivity contribution in [3.05, 3.63) is 23.8 Å². The van der Waals surface area contributed by atoms with Crippen LogP contribution >= 0.6 is 0 Å². The van der Waals surface area contributed by atoms with Crippen LogP contribution in [0.4, 0.5) is 0 Å². The van der Waals surface area contributed by atoms with Crippen molar-refractivity contribution in [1.82, 2.24) is 10.6 Å². The van der Waals surface area contributed by atoms with Crippen molar-refractivity contribution in [2.24, 2.45) is 5.92 Å². The molecule has 5 heteroatoms. The van der Waals surface area contributed by atoms with Crippen molar-refractivity contribution in [1.29, 1.82) is 0 Å². The van der Waals surface area contributed by atoms with Gasteiger partial charge in [-0.25, -0.2) is 4.79 Å². The lowest BCUT2D eigenvalue weighted by atomic mass is 9.98. The molecule has 1 aliphatic heterocycles. The number of nitrogens with one attached hydrogen (secondary N) is 2. The minimum Gasteiger partial charge on any atom is -0.465 e. The fourth-order valence-electron chi connectivity index (χ4n) is 1.94. The highest BCUT2D eigenvalue weighted by molar-refractivity contribution is 6.00. The first-order valence-electron chi connectivity index (χ1n) is 6.64. The van der Waals surface area contributed by atoms with E-state index in [4.69, 9.17) is 0 Å². The van der Waals surface area contributed by atoms with Gasteiger partial charge in [-0.3, -0.25) is 4.79 Å². The molecule has 0 spiro atoms. The molecule has 1 saturated heterocycles. The fraction of sp³-hybridized carbons (Fsp3) is 0.571. The molecule has 2 N–H and O–H groups in total. The largest absolute Gasteiger partial charge is 0.465 e. The van der Waals surface area contributed by atoms with Gasteiger partial charge in [-0.2, -0.15) is 0 Å². The molecule has 1 rings (SSSR count). The van der Waals surface area contributed by atoms with Gasteiger partial charge >= 0.3 is 5.97 Å². The Morgan fingerprint density at radius 2 is 2.26 bits per heavy atom. The van der Waals surface area contributed by atoms with Gasteiger partial charge in [0, 0.05) is 19.2 Å². The first-order valence-corrected chi connectivity index (χ1v) is 6.64. The van der Waals surface area contributed by atoms with Gasteiger partial charge < -0.3 is 15.4 Å². The molecule has 5 nitrogen and oxygen atoms in total. The van der Waals surface area contributed by atoms with Crippen molar-refractivity contribution in [3.8, 4) is 0 Å². The summed E-state index contributed by atoms with van der Waals surface area (Å²) in [6.45, 7) is 4.31. The van der Waals surface area contributed by atoms with E-state index in [1.165, 1.54) is 13.2 Å². The quantitative estimate of drug-likeness (QED) is 0.438. The molecule has 1 fully saturated rings. The van der Waals surface area contributed by atoms with Gasteiger partial charge in [-0.05, 0) is 32.2 Å². The topological polar surface area (TPSA) is 67.4 Å². The van der Waals surface area contributed by atoms with Gasteiger partial charge in [-0.15, -0.1) is 0 Å². The molecular weight excluding hydrogens is 244 g/mol. The zero-order chi connectivity index (χ0) is 14.1. The van der Waals surface area contributed by atoms with Crippen molar-refractivity contribution in [2.45, 2.75) is 19.8 Å². The van der Waals surface area contributed by atoms with Crippen LogP contribution in [0, 0.1) is 5.92 Å². The maximum absolute atomic E-state index is 11.6. The summed E-state index contributed by atoms with van der Waals surface area (Å²) in [7, 11) is 1.31. The normalized spacial score (nSPS) is 20.3. The van der Waals surface area contributed by atoms with Crippen LogP contribution in [0.15, 0.2) is 23.8 Å². The number of hydrogen-bond donors (Lipinski definition) is 2. The second kappa shape index (κ2) is 8.48. The molecule has 1 heterocycles. The molecule has 0 radical (unpaired) electrons. The van der Waals surface area contributed by atoms with E-state index < -0.39 is 5.97 Å². The molecule has 0 aromatic heterocycles. The summed E-state index contributed by atoms with van der Waals surface area (Å²) in [6, 6.07) is 0. The van der Waals surface area contributed by atoms with E-state index in [2.05, 4.69) is 15.4 Å². The Morgan fingerprint density at radius 1 is 1.47 bits per heavy atom. The summed E-state index contributed by atoms with van der Waals surface area (Å²) in [4.78, 5) is 23.1. The maximum Gasteiger partial charge on any atom is 0.338 e. The minimum atomic E-state index is -0.494. The maximum atomic E-state index is 11.6. The van der Waals surface area contributed by atoms with Crippen molar-refractivity contribution < 1.29 is 14.3 Å². The van der Waals surface area contributed by atoms with Crippen molar-refractivity contribution in [2.75, 3.05) is 26.7 Å². The van der Waals surface area contributed by atoms with Gasteiger partial charge in [0.2, 0.25) is 5.91 Å². The summed E-state index contributed by atoms with van der Waals surface area (Å²) in [5, 5.41) is 5.92. The van der Waals surface area contributed by atoms with Crippen molar-refractivity contribution >= 4 is 11.9 Å². The third-order valence-corrected chi connectivity index (χ3v) is 2.94. The van der Waals surface area contributed by atoms with E-state index in [9.17, 15) is 9.59 Å². The average molecular weight is 266 g/mol. The smallest absolute Gasteiger partial charge is 0.338 e. The Bertz CT molecular complexity index is 369. The van der Waals surface area contributed by atoms with Crippen LogP contribution in [0.2, 0.25) is 0 Å². The lowest BCUT2D eigenvalue weighted by molar-refractivity contribution is -0.136. The van der Waals surface area contributed by atoms with E-state index in [-0.39, 0.29) is 11.5 Å². The lowest BCUT2D eigenvalue weighted by Gasteiger charge is -2.19. The third kappa shape index (κ3) is 5.70. The average Bonchev–Trinajstić information content (AvgIpc) is 2.44. The highest BCUT2D eigenvalue weighted by atomic mass is 16.5. The van der Waals surface area contributed by atoms with E-state index in [1.54, 1.807) is 6.08 Å². The first kappa shape index (κ1) is 15.4. The number of piperidine rings is 1. The van der Waals surface area contributed by atoms with E-state index >= 15 is 0 Å². The van der Waals surface area contributed by atoms with E-state index in [0.29, 0.717) is 12.5 Å². The fourth-order valence-corrected chi connectivity index (χ4v) is 1.94. The zero-order valence-electron chi connectivity index (χ0n) is 11.6. The number of esters is 1. The number of ether oxygens (including phenoxy) is 1. The van der Waals surface area contributed by atoms with Gasteiger partial charge in [0.25, 0.3) is 0 Å². The Hall–Kier alpha value is -1.62. The second-order valence-corrected chi connectivity index (χ2v) is 4.45. The molecular formula is C14H22N2O3. The molecule has 106 valence electrons. The van der Waals surface area contributed by atoms with E-state index in [0.717, 1.165) is 25.9 Å². The van der Waals surface area contributed by atoms with Crippen LogP contribution < -0.4 is 10.6 Å². The standard InChI is InChI=1S/C14H22N2O3/c1-3-16-13(17)9-12(14(18)19-2)7-6-11-5-4-8-15-10-11/h6-7,9,11,15H,3-5,8,10H2,1-2H3,(H,16,17)/b7-6+,12-9+/t11-/m1/s1. The van der Waals surface area contributed by atoms with Gasteiger partial charge in [0.15, 0.2) is 0 Å². The molecule has 0 aromatic carbocycles. The van der Waals surface area contributed by atoms with Crippen LogP contribution in [0.1, 0.15) is 19.8 Å². The predicted molar refractivity (Wildman–Crippen MR) is 73.5 cm³/mol. The lowest BCUT2D eigenvalue weighted by Crippen LogP contribution is -2.28. The molecule has 0 saturated carbocycles. The van der Waals surface area contributed by atoms with Gasteiger partial charge in [0.1, 0.15) is 0 Å². The van der Waals surface area contributed by atoms with Gasteiger partial charge in [0.05, 0.1) is 12.7 Å². The summed E-state index contributed by atoms with van der Waals surface area (Å²) < 4.78 is 4.68. The zero-order valence-corrected chi connectivity index (χ0v) is 11.6. The molecule has 1 atom stereocenters. The molecule has 0 aliphatic carbocycles. The summed E-state index contributed by atoms with van der Waals surface area (Å²) >= 11 is 0. The molecule has 0 unspecified atom stereocenters. The number of amides is 1. The summed E-state index contributed by atoms with van der Waals surface area (Å²) in [5.74, 6) is -0.378. The summed E-state index contributed by atoms with van der Waals surface area (Å²) in [5.41, 5.74) is 0.277. The van der Waals surface area contributed by atoms with Crippen LogP contribution in [0.5, 0.6) is 0 Å². The number of hydrogen-bond acceptors (Lipinski definition) is 4. The number of carbonyl (C=O) groups is 2. The molecule has 0 bridgehead atoms. The predicted octanol–water partition coefficient (Wildman–Crippen LogP) is 0.778.